The van der Waals surface area contributed by atoms with Crippen molar-refractivity contribution in [2.75, 3.05) is 18.5 Å². The first-order valence-electron chi connectivity index (χ1n) is 10.8. The van der Waals surface area contributed by atoms with E-state index < -0.39 is 20.5 Å². The van der Waals surface area contributed by atoms with Crippen LogP contribution < -0.4 is 11.0 Å². The fraction of sp³-hybridized carbons (Fsp3) is 0.762. The van der Waals surface area contributed by atoms with Gasteiger partial charge in [-0.2, -0.15) is 4.98 Å². The largest absolute Gasteiger partial charge is 0.396 e. The molecule has 2 saturated heterocycles. The summed E-state index contributed by atoms with van der Waals surface area (Å²) in [6, 6.07) is 1.56. The van der Waals surface area contributed by atoms with E-state index in [1.807, 2.05) is 0 Å². The lowest BCUT2D eigenvalue weighted by Gasteiger charge is -2.54. The fourth-order valence-electron chi connectivity index (χ4n) is 5.01. The van der Waals surface area contributed by atoms with Gasteiger partial charge < -0.3 is 24.0 Å². The maximum absolute atomic E-state index is 12.7. The van der Waals surface area contributed by atoms with Gasteiger partial charge in [-0.05, 0) is 12.5 Å². The van der Waals surface area contributed by atoms with Crippen molar-refractivity contribution < 1.29 is 23.5 Å². The van der Waals surface area contributed by atoms with E-state index in [0.29, 0.717) is 13.0 Å². The minimum absolute atomic E-state index is 0.0519. The van der Waals surface area contributed by atoms with E-state index in [1.54, 1.807) is 12.3 Å². The molecule has 10 heteroatoms. The van der Waals surface area contributed by atoms with Gasteiger partial charge in [0.2, 0.25) is 5.91 Å². The Morgan fingerprint density at radius 1 is 1.29 bits per heavy atom. The molecule has 0 unspecified atom stereocenters. The first kappa shape index (κ1) is 24.1. The summed E-state index contributed by atoms with van der Waals surface area (Å²) in [5.74, 6) is -0.349. The van der Waals surface area contributed by atoms with Crippen molar-refractivity contribution >= 4 is 20.3 Å². The summed E-state index contributed by atoms with van der Waals surface area (Å²) >= 11 is 0. The Morgan fingerprint density at radius 2 is 1.94 bits per heavy atom. The lowest BCUT2D eigenvalue weighted by atomic mass is 9.96. The summed E-state index contributed by atoms with van der Waals surface area (Å²) in [5.41, 5.74) is -0.533. The fourth-order valence-corrected chi connectivity index (χ4v) is 10.0. The normalized spacial score (nSPS) is 28.3. The van der Waals surface area contributed by atoms with Gasteiger partial charge in [-0.25, -0.2) is 4.79 Å². The summed E-state index contributed by atoms with van der Waals surface area (Å²) in [4.78, 5) is 27.9. The highest BCUT2D eigenvalue weighted by Crippen LogP contribution is 2.56. The molecule has 9 nitrogen and oxygen atoms in total. The predicted octanol–water partition coefficient (Wildman–Crippen LogP) is 2.56. The van der Waals surface area contributed by atoms with Gasteiger partial charge in [0, 0.05) is 35.7 Å². The number of fused-ring (bicyclic) bond motifs is 1. The van der Waals surface area contributed by atoms with Gasteiger partial charge >= 0.3 is 14.3 Å². The number of hydrogen-bond acceptors (Lipinski definition) is 7. The number of aliphatic hydroxyl groups is 1. The van der Waals surface area contributed by atoms with Gasteiger partial charge in [-0.3, -0.25) is 9.36 Å². The summed E-state index contributed by atoms with van der Waals surface area (Å²) in [6.45, 7) is 14.6. The van der Waals surface area contributed by atoms with Crippen molar-refractivity contribution in [2.45, 2.75) is 83.4 Å². The number of aliphatic hydroxyl groups excluding tert-OH is 1. The first-order valence-corrected chi connectivity index (χ1v) is 12.6. The van der Waals surface area contributed by atoms with Gasteiger partial charge in [0.1, 0.15) is 18.1 Å². The Labute approximate surface area is 184 Å². The van der Waals surface area contributed by atoms with E-state index in [4.69, 9.17) is 13.6 Å². The third-order valence-corrected chi connectivity index (χ3v) is 11.2. The van der Waals surface area contributed by atoms with Gasteiger partial charge in [0.15, 0.2) is 0 Å². The Bertz CT molecular complexity index is 861. The molecule has 31 heavy (non-hydrogen) atoms. The zero-order valence-electron chi connectivity index (χ0n) is 19.5. The summed E-state index contributed by atoms with van der Waals surface area (Å²) in [6.07, 6.45) is 0.713. The molecule has 174 valence electrons. The molecule has 2 fully saturated rings. The third-order valence-electron chi connectivity index (χ3n) is 6.07. The van der Waals surface area contributed by atoms with E-state index in [2.05, 4.69) is 51.8 Å². The predicted molar refractivity (Wildman–Crippen MR) is 118 cm³/mol. The summed E-state index contributed by atoms with van der Waals surface area (Å²) in [5, 5.41) is 11.9. The maximum Gasteiger partial charge on any atom is 0.351 e. The summed E-state index contributed by atoms with van der Waals surface area (Å²) in [7, 11) is -2.73. The topological polar surface area (TPSA) is 112 Å². The molecule has 0 radical (unpaired) electrons. The van der Waals surface area contributed by atoms with E-state index >= 15 is 0 Å². The molecular formula is C21H35N3O6Si. The van der Waals surface area contributed by atoms with Crippen LogP contribution >= 0.6 is 0 Å². The second-order valence-corrected chi connectivity index (χ2v) is 15.2. The van der Waals surface area contributed by atoms with E-state index in [1.165, 1.54) is 11.5 Å². The zero-order chi connectivity index (χ0) is 23.2. The smallest absolute Gasteiger partial charge is 0.351 e. The van der Waals surface area contributed by atoms with Crippen LogP contribution in [0.15, 0.2) is 17.1 Å². The molecule has 3 heterocycles. The van der Waals surface area contributed by atoms with Gasteiger partial charge in [0.05, 0.1) is 12.7 Å². The molecule has 2 aliphatic heterocycles. The van der Waals surface area contributed by atoms with Crippen LogP contribution in [0.1, 0.15) is 61.1 Å². The SMILES string of the molecule is CC(=O)Nc1ccn([C@@H]2O[C@@H]3CO[Si](C(C)(C)C)(C(C)(C)C)O[C@H]3[C@H]2CCO)c(=O)n1. The Morgan fingerprint density at radius 3 is 2.45 bits per heavy atom. The van der Waals surface area contributed by atoms with Crippen LogP contribution in [-0.2, 0) is 18.4 Å². The van der Waals surface area contributed by atoms with E-state index in [-0.39, 0.29) is 46.5 Å². The number of hydrogen-bond donors (Lipinski definition) is 2. The monoisotopic (exact) mass is 453 g/mol. The van der Waals surface area contributed by atoms with Crippen LogP contribution in [0.25, 0.3) is 0 Å². The highest BCUT2D eigenvalue weighted by molar-refractivity contribution is 6.73. The van der Waals surface area contributed by atoms with Crippen LogP contribution in [0.3, 0.4) is 0 Å². The quantitative estimate of drug-likeness (QED) is 0.674. The number of amides is 1. The number of carbonyl (C=O) groups excluding carboxylic acids is 1. The van der Waals surface area contributed by atoms with Crippen molar-refractivity contribution in [1.29, 1.82) is 0 Å². The van der Waals surface area contributed by atoms with Gasteiger partial charge in [-0.1, -0.05) is 41.5 Å². The van der Waals surface area contributed by atoms with Gasteiger partial charge in [-0.15, -0.1) is 0 Å². The lowest BCUT2D eigenvalue weighted by Crippen LogP contribution is -2.64. The van der Waals surface area contributed by atoms with Crippen molar-refractivity contribution in [3.8, 4) is 0 Å². The second kappa shape index (κ2) is 8.40. The molecule has 0 saturated carbocycles. The molecule has 0 aliphatic carbocycles. The molecule has 1 amide bonds. The molecule has 2 N–H and O–H groups in total. The molecule has 0 bridgehead atoms. The zero-order valence-corrected chi connectivity index (χ0v) is 20.5. The number of ether oxygens (including phenoxy) is 1. The minimum Gasteiger partial charge on any atom is -0.396 e. The number of nitrogens with zero attached hydrogens (tertiary/aromatic N) is 2. The van der Waals surface area contributed by atoms with E-state index in [0.717, 1.165) is 0 Å². The first-order chi connectivity index (χ1) is 14.3. The molecule has 0 spiro atoms. The average molecular weight is 454 g/mol. The second-order valence-electron chi connectivity index (χ2n) is 10.4. The Kier molecular flexibility index (Phi) is 6.52. The molecule has 1 aromatic heterocycles. The summed E-state index contributed by atoms with van der Waals surface area (Å²) < 4.78 is 21.0. The van der Waals surface area contributed by atoms with Crippen LogP contribution in [0.4, 0.5) is 5.82 Å². The van der Waals surface area contributed by atoms with Crippen LogP contribution in [-0.4, -0.2) is 54.5 Å². The Balaban J connectivity index is 1.96. The Hall–Kier alpha value is -1.59. The molecular weight excluding hydrogens is 418 g/mol. The number of anilines is 1. The van der Waals surface area contributed by atoms with E-state index in [9.17, 15) is 14.7 Å². The van der Waals surface area contributed by atoms with Crippen molar-refractivity contribution in [1.82, 2.24) is 9.55 Å². The number of nitrogens with one attached hydrogen (secondary N) is 1. The molecule has 4 atom stereocenters. The van der Waals surface area contributed by atoms with Crippen molar-refractivity contribution in [2.24, 2.45) is 5.92 Å². The van der Waals surface area contributed by atoms with Crippen molar-refractivity contribution in [3.05, 3.63) is 22.7 Å². The van der Waals surface area contributed by atoms with Crippen LogP contribution in [0, 0.1) is 5.92 Å². The molecule has 1 aromatic rings. The maximum atomic E-state index is 12.7. The lowest BCUT2D eigenvalue weighted by molar-refractivity contribution is -0.114. The standard InChI is InChI=1S/C21H35N3O6Si/c1-13(26)22-16-8-10-24(19(27)23-16)18-14(9-11-25)17-15(29-18)12-28-31(30-17,20(2,3)4)21(5,6)7/h8,10,14-15,17-18,25H,9,11-12H2,1-7H3,(H,22,23,26,27)/t14-,15-,17+,18-/m1/s1. The average Bonchev–Trinajstić information content (AvgIpc) is 2.97. The molecule has 2 aliphatic rings. The number of rotatable bonds is 4. The third kappa shape index (κ3) is 4.36. The number of aromatic nitrogens is 2. The number of carbonyl (C=O) groups is 1. The van der Waals surface area contributed by atoms with Crippen molar-refractivity contribution in [3.63, 3.8) is 0 Å². The highest BCUT2D eigenvalue weighted by Gasteiger charge is 2.64. The molecule has 0 aromatic carbocycles. The van der Waals surface area contributed by atoms with Gasteiger partial charge in [0.25, 0.3) is 0 Å². The molecule has 3 rings (SSSR count). The minimum atomic E-state index is -2.73. The van der Waals surface area contributed by atoms with Crippen LogP contribution in [0.2, 0.25) is 10.1 Å². The highest BCUT2D eigenvalue weighted by atomic mass is 28.4. The van der Waals surface area contributed by atoms with Crippen LogP contribution in [0.5, 0.6) is 0 Å².